The van der Waals surface area contributed by atoms with Crippen molar-refractivity contribution in [3.05, 3.63) is 448 Å². The molecule has 19 aromatic carbocycles. The Labute approximate surface area is 695 Å². The summed E-state index contributed by atoms with van der Waals surface area (Å²) in [4.78, 5) is 0. The highest BCUT2D eigenvalue weighted by atomic mass is 15.0. The molecule has 0 N–H and O–H groups in total. The first-order valence-corrected chi connectivity index (χ1v) is 41.7. The lowest BCUT2D eigenvalue weighted by atomic mass is 9.81. The van der Waals surface area contributed by atoms with Gasteiger partial charge in [-0.1, -0.05) is 322 Å². The van der Waals surface area contributed by atoms with E-state index in [0.29, 0.717) is 0 Å². The van der Waals surface area contributed by atoms with Crippen molar-refractivity contribution >= 4 is 87.2 Å². The van der Waals surface area contributed by atoms with E-state index in [1.165, 1.54) is 121 Å². The molecule has 4 aromatic heterocycles. The first kappa shape index (κ1) is 68.8. The molecule has 0 amide bonds. The summed E-state index contributed by atoms with van der Waals surface area (Å²) in [6, 6.07) is 163. The lowest BCUT2D eigenvalue weighted by Crippen LogP contribution is -2.08. The molecule has 0 unspecified atom stereocenters. The number of para-hydroxylation sites is 4. The van der Waals surface area contributed by atoms with Crippen LogP contribution in [0.3, 0.4) is 0 Å². The summed E-state index contributed by atoms with van der Waals surface area (Å²) in [5.74, 6) is 0. The summed E-state index contributed by atoms with van der Waals surface area (Å²) in [5, 5.41) is 9.61. The zero-order valence-electron chi connectivity index (χ0n) is 65.8. The van der Waals surface area contributed by atoms with Gasteiger partial charge in [0, 0.05) is 65.8 Å². The zero-order chi connectivity index (χ0) is 78.9. The molecule has 24 rings (SSSR count). The smallest absolute Gasteiger partial charge is 0.0641 e. The Morgan fingerprint density at radius 1 is 0.150 bits per heavy atom. The van der Waals surface area contributed by atoms with Gasteiger partial charge in [-0.2, -0.15) is 0 Å². The molecule has 1 aliphatic rings. The Kier molecular flexibility index (Phi) is 16.1. The molecule has 0 aliphatic heterocycles. The highest BCUT2D eigenvalue weighted by Gasteiger charge is 2.28. The maximum Gasteiger partial charge on any atom is 0.0641 e. The van der Waals surface area contributed by atoms with Gasteiger partial charge in [0.1, 0.15) is 0 Å². The van der Waals surface area contributed by atoms with E-state index in [2.05, 4.69) is 455 Å². The SMILES string of the molecule is c1ccc(-c2cccc(-c3cccc(-n4c5ccccc5c5c4ccc4c6ccccc6n(-c6cc(-c7ccccc7)cc(-c7cccc(-c8cc(-n9c%10ccccc%10c%10ccc%11c(c%12ccccc%12n%11-c%11cccc(-c%12cccc(-c%13ccccc%13)c%12)c%11)c%109)cc(-c9cccc(-c%10ccccc%10)c9)c8-c8ccc9c(c8)CC9)c7)c6)c45)c3)c2)cc1. The summed E-state index contributed by atoms with van der Waals surface area (Å²) in [5.41, 5.74) is 39.7. The van der Waals surface area contributed by atoms with Crippen molar-refractivity contribution in [3.8, 4) is 134 Å². The fourth-order valence-corrected chi connectivity index (χ4v) is 19.7. The van der Waals surface area contributed by atoms with Crippen LogP contribution in [0.5, 0.6) is 0 Å². The van der Waals surface area contributed by atoms with E-state index in [9.17, 15) is 0 Å². The third kappa shape index (κ3) is 11.4. The van der Waals surface area contributed by atoms with Crippen LogP contribution in [0, 0.1) is 0 Å². The number of aryl methyl sites for hydroxylation is 2. The summed E-state index contributed by atoms with van der Waals surface area (Å²) < 4.78 is 10.2. The van der Waals surface area contributed by atoms with Crippen molar-refractivity contribution in [2.75, 3.05) is 0 Å². The average molecular weight is 1530 g/mol. The Morgan fingerprint density at radius 3 is 0.867 bits per heavy atom. The topological polar surface area (TPSA) is 19.7 Å². The van der Waals surface area contributed by atoms with E-state index in [-0.39, 0.29) is 0 Å². The fourth-order valence-electron chi connectivity index (χ4n) is 19.7. The van der Waals surface area contributed by atoms with Gasteiger partial charge < -0.3 is 18.3 Å². The number of hydrogen-bond acceptors (Lipinski definition) is 0. The number of benzene rings is 19. The molecule has 4 nitrogen and oxygen atoms in total. The first-order chi connectivity index (χ1) is 59.5. The summed E-state index contributed by atoms with van der Waals surface area (Å²) in [7, 11) is 0. The molecule has 0 radical (unpaired) electrons. The van der Waals surface area contributed by atoms with Crippen molar-refractivity contribution in [1.82, 2.24) is 18.3 Å². The number of nitrogens with zero attached hydrogens (tertiary/aromatic N) is 4. The molecule has 0 fully saturated rings. The van der Waals surface area contributed by atoms with Gasteiger partial charge in [-0.25, -0.2) is 0 Å². The van der Waals surface area contributed by atoms with Crippen LogP contribution in [-0.4, -0.2) is 18.3 Å². The van der Waals surface area contributed by atoms with Crippen LogP contribution in [0.1, 0.15) is 11.1 Å². The fraction of sp³-hybridized carbons (Fsp3) is 0.0172. The van der Waals surface area contributed by atoms with Crippen LogP contribution in [0.15, 0.2) is 437 Å². The van der Waals surface area contributed by atoms with E-state index in [1.807, 2.05) is 0 Å². The monoisotopic (exact) mass is 1520 g/mol. The second-order valence-electron chi connectivity index (χ2n) is 32.2. The molecule has 0 saturated carbocycles. The third-order valence-corrected chi connectivity index (χ3v) is 25.4. The van der Waals surface area contributed by atoms with E-state index < -0.39 is 0 Å². The van der Waals surface area contributed by atoms with Crippen molar-refractivity contribution in [3.63, 3.8) is 0 Å². The molecule has 120 heavy (non-hydrogen) atoms. The molecule has 23 aromatic rings. The maximum atomic E-state index is 2.60. The van der Waals surface area contributed by atoms with E-state index >= 15 is 0 Å². The minimum Gasteiger partial charge on any atom is -0.309 e. The van der Waals surface area contributed by atoms with Gasteiger partial charge in [-0.3, -0.25) is 0 Å². The van der Waals surface area contributed by atoms with Crippen molar-refractivity contribution in [2.45, 2.75) is 12.8 Å². The molecular formula is C116H76N4. The standard InChI is InChI=1S/C116H76N4/c1-5-27-75(28-6-1)80-35-21-38-83(63-80)86-41-25-45-94(69-86)117-108-53-19-15-49-102(108)113-110(117)61-59-100-98-47-13-17-51-106(98)119(115(100)113)96-71-92(78-33-11-4-12-34-78)68-93(72-96)85-40-24-44-90(66-85)105-74-97(73-104(112(105)91-58-56-79-55-57-88(79)67-91)89-43-23-37-82(65-89)77-31-9-3-10-32-77)120-107-52-18-14-48-99(107)101-60-62-111-114(116(101)120)103-50-16-20-54-109(103)118(111)95-46-26-42-87(70-95)84-39-22-36-81(64-84)76-29-7-2-8-30-76/h1-54,56,58-74H,55,57H2. The van der Waals surface area contributed by atoms with Crippen molar-refractivity contribution < 1.29 is 0 Å². The Bertz CT molecular complexity index is 8070. The average Bonchev–Trinajstić information content (AvgIpc) is 1.54. The molecule has 4 heteroatoms. The molecular weight excluding hydrogens is 1450 g/mol. The second kappa shape index (κ2) is 28.1. The predicted octanol–water partition coefficient (Wildman–Crippen LogP) is 30.8. The van der Waals surface area contributed by atoms with Crippen LogP contribution in [0.4, 0.5) is 0 Å². The molecule has 560 valence electrons. The van der Waals surface area contributed by atoms with Gasteiger partial charge in [0.05, 0.1) is 44.1 Å². The largest absolute Gasteiger partial charge is 0.309 e. The zero-order valence-corrected chi connectivity index (χ0v) is 65.8. The first-order valence-electron chi connectivity index (χ1n) is 41.7. The van der Waals surface area contributed by atoms with Gasteiger partial charge in [-0.05, 0) is 250 Å². The van der Waals surface area contributed by atoms with Crippen LogP contribution in [0.2, 0.25) is 0 Å². The number of hydrogen-bond donors (Lipinski definition) is 0. The minimum atomic E-state index is 1.06. The molecule has 1 aliphatic carbocycles. The maximum absolute atomic E-state index is 2.60. The van der Waals surface area contributed by atoms with Gasteiger partial charge in [0.2, 0.25) is 0 Å². The van der Waals surface area contributed by atoms with Crippen molar-refractivity contribution in [1.29, 1.82) is 0 Å². The van der Waals surface area contributed by atoms with Gasteiger partial charge >= 0.3 is 0 Å². The quantitative estimate of drug-likeness (QED) is 0.103. The molecule has 4 heterocycles. The Hall–Kier alpha value is -15.6. The molecule has 0 saturated heterocycles. The van der Waals surface area contributed by atoms with Gasteiger partial charge in [0.15, 0.2) is 0 Å². The molecule has 0 atom stereocenters. The van der Waals surface area contributed by atoms with Crippen LogP contribution < -0.4 is 0 Å². The Morgan fingerprint density at radius 2 is 0.450 bits per heavy atom. The normalized spacial score (nSPS) is 12.1. The van der Waals surface area contributed by atoms with Gasteiger partial charge in [-0.15, -0.1) is 0 Å². The summed E-state index contributed by atoms with van der Waals surface area (Å²) in [6.45, 7) is 0. The third-order valence-electron chi connectivity index (χ3n) is 25.4. The molecule has 0 spiro atoms. The number of rotatable bonds is 14. The van der Waals surface area contributed by atoms with Crippen LogP contribution >= 0.6 is 0 Å². The van der Waals surface area contributed by atoms with Crippen molar-refractivity contribution in [2.24, 2.45) is 0 Å². The summed E-state index contributed by atoms with van der Waals surface area (Å²) >= 11 is 0. The number of fused-ring (bicyclic) bond motifs is 15. The predicted molar refractivity (Wildman–Crippen MR) is 506 cm³/mol. The Balaban J connectivity index is 0.730. The second-order valence-corrected chi connectivity index (χ2v) is 32.2. The van der Waals surface area contributed by atoms with Gasteiger partial charge in [0.25, 0.3) is 0 Å². The van der Waals surface area contributed by atoms with E-state index in [1.54, 1.807) is 0 Å². The van der Waals surface area contributed by atoms with Crippen LogP contribution in [-0.2, 0) is 12.8 Å². The van der Waals surface area contributed by atoms with Crippen LogP contribution in [0.25, 0.3) is 221 Å². The molecule has 0 bridgehead atoms. The lowest BCUT2D eigenvalue weighted by Gasteiger charge is -2.24. The summed E-state index contributed by atoms with van der Waals surface area (Å²) in [6.07, 6.45) is 2.15. The number of aromatic nitrogens is 4. The minimum absolute atomic E-state index is 1.06. The highest BCUT2D eigenvalue weighted by Crippen LogP contribution is 2.51. The highest BCUT2D eigenvalue weighted by molar-refractivity contribution is 6.28. The van der Waals surface area contributed by atoms with E-state index in [0.717, 1.165) is 124 Å². The lowest BCUT2D eigenvalue weighted by molar-refractivity contribution is 0.840. The van der Waals surface area contributed by atoms with E-state index in [4.69, 9.17) is 0 Å².